The maximum Gasteiger partial charge on any atom is 0.239 e. The maximum absolute atomic E-state index is 12.7. The van der Waals surface area contributed by atoms with Crippen molar-refractivity contribution in [2.24, 2.45) is 11.8 Å². The number of ether oxygens (including phenoxy) is 1. The number of carbonyl (C=O) groups is 1. The van der Waals surface area contributed by atoms with E-state index in [1.807, 2.05) is 12.1 Å². The molecule has 1 amide bonds. The highest BCUT2D eigenvalue weighted by molar-refractivity contribution is 5.82. The molecule has 4 rings (SSSR count). The Morgan fingerprint density at radius 2 is 2.00 bits per heavy atom. The van der Waals surface area contributed by atoms with Crippen LogP contribution in [-0.4, -0.2) is 32.1 Å². The topological polar surface area (TPSA) is 41.6 Å². The standard InChI is InChI=1S/C20H28N2O2/c1-24-18-7-4-6-17-16(18)5-2-3-12-22(17)13-19(23)21-20(14-8-9-14)15-10-11-15/h4,6-7,14-15,20H,2-3,5,8-13H2,1H3,(H,21,23). The average molecular weight is 328 g/mol. The van der Waals surface area contributed by atoms with Gasteiger partial charge >= 0.3 is 0 Å². The molecule has 1 aliphatic heterocycles. The van der Waals surface area contributed by atoms with Gasteiger partial charge in [-0.3, -0.25) is 4.79 Å². The van der Waals surface area contributed by atoms with E-state index in [4.69, 9.17) is 4.74 Å². The molecule has 0 atom stereocenters. The summed E-state index contributed by atoms with van der Waals surface area (Å²) in [6, 6.07) is 6.63. The lowest BCUT2D eigenvalue weighted by atomic mass is 10.1. The summed E-state index contributed by atoms with van der Waals surface area (Å²) in [7, 11) is 1.73. The van der Waals surface area contributed by atoms with Crippen LogP contribution in [0.5, 0.6) is 5.75 Å². The van der Waals surface area contributed by atoms with E-state index in [1.165, 1.54) is 36.9 Å². The van der Waals surface area contributed by atoms with Crippen LogP contribution >= 0.6 is 0 Å². The van der Waals surface area contributed by atoms with Gasteiger partial charge in [-0.25, -0.2) is 0 Å². The number of nitrogens with one attached hydrogen (secondary N) is 1. The molecule has 1 heterocycles. The largest absolute Gasteiger partial charge is 0.496 e. The van der Waals surface area contributed by atoms with Crippen LogP contribution < -0.4 is 15.0 Å². The van der Waals surface area contributed by atoms with Crippen molar-refractivity contribution in [2.45, 2.75) is 51.0 Å². The first kappa shape index (κ1) is 15.8. The Morgan fingerprint density at radius 1 is 1.25 bits per heavy atom. The Morgan fingerprint density at radius 3 is 2.67 bits per heavy atom. The number of amides is 1. The van der Waals surface area contributed by atoms with E-state index >= 15 is 0 Å². The number of nitrogens with zero attached hydrogens (tertiary/aromatic N) is 1. The second-order valence-corrected chi connectivity index (χ2v) is 7.60. The van der Waals surface area contributed by atoms with Crippen molar-refractivity contribution < 1.29 is 9.53 Å². The first-order chi connectivity index (χ1) is 11.8. The summed E-state index contributed by atoms with van der Waals surface area (Å²) < 4.78 is 5.54. The summed E-state index contributed by atoms with van der Waals surface area (Å²) in [6.07, 6.45) is 8.50. The van der Waals surface area contributed by atoms with Crippen LogP contribution in [0.1, 0.15) is 44.1 Å². The molecule has 4 heteroatoms. The van der Waals surface area contributed by atoms with Crippen LogP contribution in [0.4, 0.5) is 5.69 Å². The predicted octanol–water partition coefficient (Wildman–Crippen LogP) is 3.14. The van der Waals surface area contributed by atoms with Gasteiger partial charge in [0.05, 0.1) is 13.7 Å². The Kier molecular flexibility index (Phi) is 4.38. The summed E-state index contributed by atoms with van der Waals surface area (Å²) in [5.74, 6) is 2.64. The highest BCUT2D eigenvalue weighted by atomic mass is 16.5. The van der Waals surface area contributed by atoms with Gasteiger partial charge in [0, 0.05) is 23.8 Å². The quantitative estimate of drug-likeness (QED) is 0.872. The molecule has 2 fully saturated rings. The van der Waals surface area contributed by atoms with Crippen molar-refractivity contribution in [3.8, 4) is 5.75 Å². The van der Waals surface area contributed by atoms with Gasteiger partial charge in [0.25, 0.3) is 0 Å². The summed E-state index contributed by atoms with van der Waals surface area (Å²) in [4.78, 5) is 14.9. The number of hydrogen-bond acceptors (Lipinski definition) is 3. The van der Waals surface area contributed by atoms with Crippen molar-refractivity contribution in [3.05, 3.63) is 23.8 Å². The molecule has 0 spiro atoms. The lowest BCUT2D eigenvalue weighted by molar-refractivity contribution is -0.120. The molecule has 0 unspecified atom stereocenters. The molecule has 130 valence electrons. The lowest BCUT2D eigenvalue weighted by Crippen LogP contribution is -2.44. The highest BCUT2D eigenvalue weighted by Gasteiger charge is 2.42. The Labute approximate surface area is 144 Å². The Hall–Kier alpha value is -1.71. The number of benzene rings is 1. The maximum atomic E-state index is 12.7. The van der Waals surface area contributed by atoms with Gasteiger partial charge < -0.3 is 15.0 Å². The first-order valence-electron chi connectivity index (χ1n) is 9.46. The van der Waals surface area contributed by atoms with Crippen LogP contribution in [-0.2, 0) is 11.2 Å². The number of fused-ring (bicyclic) bond motifs is 1. The summed E-state index contributed by atoms with van der Waals surface area (Å²) >= 11 is 0. The molecule has 1 aromatic rings. The van der Waals surface area contributed by atoms with Crippen LogP contribution in [0.25, 0.3) is 0 Å². The van der Waals surface area contributed by atoms with Crippen LogP contribution in [0, 0.1) is 11.8 Å². The Balaban J connectivity index is 1.46. The van der Waals surface area contributed by atoms with Gasteiger partial charge in [-0.15, -0.1) is 0 Å². The van der Waals surface area contributed by atoms with Gasteiger partial charge in [0.2, 0.25) is 5.91 Å². The van der Waals surface area contributed by atoms with Gasteiger partial charge in [-0.05, 0) is 68.9 Å². The fourth-order valence-electron chi connectivity index (χ4n) is 4.12. The van der Waals surface area contributed by atoms with Crippen LogP contribution in [0.15, 0.2) is 18.2 Å². The fourth-order valence-corrected chi connectivity index (χ4v) is 4.12. The molecule has 0 aromatic heterocycles. The van der Waals surface area contributed by atoms with Crippen molar-refractivity contribution in [3.63, 3.8) is 0 Å². The molecule has 0 bridgehead atoms. The zero-order valence-corrected chi connectivity index (χ0v) is 14.6. The second-order valence-electron chi connectivity index (χ2n) is 7.60. The van der Waals surface area contributed by atoms with E-state index in [9.17, 15) is 4.79 Å². The normalized spacial score (nSPS) is 20.5. The minimum atomic E-state index is 0.189. The van der Waals surface area contributed by atoms with E-state index in [1.54, 1.807) is 7.11 Å². The molecule has 0 radical (unpaired) electrons. The lowest BCUT2D eigenvalue weighted by Gasteiger charge is -2.26. The zero-order valence-electron chi connectivity index (χ0n) is 14.6. The molecule has 4 nitrogen and oxygen atoms in total. The molecule has 0 saturated heterocycles. The third-order valence-electron chi connectivity index (χ3n) is 5.70. The van der Waals surface area contributed by atoms with Crippen molar-refractivity contribution in [1.29, 1.82) is 0 Å². The van der Waals surface area contributed by atoms with Crippen molar-refractivity contribution >= 4 is 11.6 Å². The van der Waals surface area contributed by atoms with Gasteiger partial charge in [-0.2, -0.15) is 0 Å². The molecule has 1 aromatic carbocycles. The number of rotatable bonds is 6. The van der Waals surface area contributed by atoms with Gasteiger partial charge in [0.1, 0.15) is 5.75 Å². The number of carbonyl (C=O) groups excluding carboxylic acids is 1. The SMILES string of the molecule is COc1cccc2c1CCCCN2CC(=O)NC(C1CC1)C1CC1. The first-order valence-corrected chi connectivity index (χ1v) is 9.46. The molecular weight excluding hydrogens is 300 g/mol. The van der Waals surface area contributed by atoms with Gasteiger partial charge in [-0.1, -0.05) is 6.07 Å². The summed E-state index contributed by atoms with van der Waals surface area (Å²) in [6.45, 7) is 1.42. The zero-order chi connectivity index (χ0) is 16.5. The Bertz CT molecular complexity index is 596. The van der Waals surface area contributed by atoms with E-state index in [2.05, 4.69) is 16.3 Å². The molecule has 1 N–H and O–H groups in total. The van der Waals surface area contributed by atoms with E-state index < -0.39 is 0 Å². The second kappa shape index (κ2) is 6.66. The van der Waals surface area contributed by atoms with E-state index in [0.717, 1.165) is 43.4 Å². The number of methoxy groups -OCH3 is 1. The number of anilines is 1. The minimum absolute atomic E-state index is 0.189. The average Bonchev–Trinajstić information content (AvgIpc) is 3.47. The highest BCUT2D eigenvalue weighted by Crippen LogP contribution is 2.44. The summed E-state index contributed by atoms with van der Waals surface area (Å²) in [5, 5.41) is 3.36. The molecule has 2 aliphatic carbocycles. The molecule has 2 saturated carbocycles. The predicted molar refractivity (Wildman–Crippen MR) is 95.5 cm³/mol. The molecular formula is C20H28N2O2. The summed E-state index contributed by atoms with van der Waals surface area (Å²) in [5.41, 5.74) is 2.43. The van der Waals surface area contributed by atoms with Gasteiger partial charge in [0.15, 0.2) is 0 Å². The van der Waals surface area contributed by atoms with E-state index in [0.29, 0.717) is 12.6 Å². The van der Waals surface area contributed by atoms with Crippen molar-refractivity contribution in [1.82, 2.24) is 5.32 Å². The monoisotopic (exact) mass is 328 g/mol. The molecule has 24 heavy (non-hydrogen) atoms. The fraction of sp³-hybridized carbons (Fsp3) is 0.650. The van der Waals surface area contributed by atoms with Crippen molar-refractivity contribution in [2.75, 3.05) is 25.1 Å². The molecule has 3 aliphatic rings. The van der Waals surface area contributed by atoms with Crippen LogP contribution in [0.3, 0.4) is 0 Å². The minimum Gasteiger partial charge on any atom is -0.496 e. The smallest absolute Gasteiger partial charge is 0.239 e. The van der Waals surface area contributed by atoms with E-state index in [-0.39, 0.29) is 5.91 Å². The third-order valence-corrected chi connectivity index (χ3v) is 5.70. The van der Waals surface area contributed by atoms with Crippen LogP contribution in [0.2, 0.25) is 0 Å². The third kappa shape index (κ3) is 3.38. The number of hydrogen-bond donors (Lipinski definition) is 1.